The molecule has 1 saturated carbocycles. The fraction of sp³-hybridized carbons (Fsp3) is 0.476. The summed E-state index contributed by atoms with van der Waals surface area (Å²) in [5.74, 6) is -0.0899. The van der Waals surface area contributed by atoms with Crippen LogP contribution in [0.25, 0.3) is 10.9 Å². The highest BCUT2D eigenvalue weighted by atomic mass is 32.2. The highest BCUT2D eigenvalue weighted by Gasteiger charge is 2.26. The van der Waals surface area contributed by atoms with Gasteiger partial charge in [-0.2, -0.15) is 0 Å². The molecule has 1 aromatic heterocycles. The average molecular weight is 386 g/mol. The molecule has 0 aliphatic heterocycles. The molecule has 144 valence electrons. The molecule has 0 saturated heterocycles. The minimum absolute atomic E-state index is 0.0224. The van der Waals surface area contributed by atoms with Gasteiger partial charge in [-0.1, -0.05) is 36.9 Å². The van der Waals surface area contributed by atoms with E-state index in [0.29, 0.717) is 16.6 Å². The Labute approximate surface area is 164 Å². The number of pyridine rings is 1. The lowest BCUT2D eigenvalue weighted by molar-refractivity contribution is -0.121. The van der Waals surface area contributed by atoms with E-state index in [9.17, 15) is 9.59 Å². The van der Waals surface area contributed by atoms with Crippen molar-refractivity contribution in [1.29, 1.82) is 0 Å². The Hall–Kier alpha value is -2.08. The maximum Gasteiger partial charge on any atom is 0.252 e. The highest BCUT2D eigenvalue weighted by Crippen LogP contribution is 2.28. The van der Waals surface area contributed by atoms with Crippen molar-refractivity contribution in [2.45, 2.75) is 68.8 Å². The Morgan fingerprint density at radius 3 is 2.67 bits per heavy atom. The second-order valence-corrected chi connectivity index (χ2v) is 9.12. The van der Waals surface area contributed by atoms with Crippen LogP contribution >= 0.6 is 11.8 Å². The van der Waals surface area contributed by atoms with Crippen molar-refractivity contribution in [2.24, 2.45) is 0 Å². The van der Waals surface area contributed by atoms with Crippen LogP contribution in [0.4, 0.5) is 0 Å². The van der Waals surface area contributed by atoms with Crippen molar-refractivity contribution in [3.05, 3.63) is 35.9 Å². The molecule has 27 heavy (non-hydrogen) atoms. The van der Waals surface area contributed by atoms with Crippen LogP contribution < -0.4 is 10.6 Å². The molecule has 5 nitrogen and oxygen atoms in total. The Balaban J connectivity index is 1.83. The normalized spacial score (nSPS) is 15.4. The number of rotatable bonds is 7. The van der Waals surface area contributed by atoms with Crippen molar-refractivity contribution in [3.8, 4) is 0 Å². The van der Waals surface area contributed by atoms with E-state index in [1.165, 1.54) is 11.8 Å². The summed E-state index contributed by atoms with van der Waals surface area (Å²) in [6, 6.07) is 9.73. The molecule has 1 heterocycles. The van der Waals surface area contributed by atoms with Gasteiger partial charge in [0.2, 0.25) is 5.91 Å². The van der Waals surface area contributed by atoms with Gasteiger partial charge in [0.1, 0.15) is 0 Å². The topological polar surface area (TPSA) is 71.1 Å². The standard InChI is InChI=1S/C21H27N3O2S/c1-5-21(3,4)24-19(25)13(2)27-18-12-16(20(26)22-14-10-11-14)15-8-6-7-9-17(15)23-18/h6-9,12-14H,5,10-11H2,1-4H3,(H,22,26)(H,24,25). The molecule has 2 N–H and O–H groups in total. The lowest BCUT2D eigenvalue weighted by Crippen LogP contribution is -2.46. The second-order valence-electron chi connectivity index (χ2n) is 7.76. The van der Waals surface area contributed by atoms with E-state index in [1.807, 2.05) is 52.0 Å². The first-order chi connectivity index (χ1) is 12.8. The van der Waals surface area contributed by atoms with E-state index in [0.717, 1.165) is 30.2 Å². The third-order valence-corrected chi connectivity index (χ3v) is 5.88. The zero-order chi connectivity index (χ0) is 19.6. The monoisotopic (exact) mass is 385 g/mol. The number of carbonyl (C=O) groups is 2. The van der Waals surface area contributed by atoms with Crippen LogP contribution in [0, 0.1) is 0 Å². The number of nitrogens with one attached hydrogen (secondary N) is 2. The quantitative estimate of drug-likeness (QED) is 0.709. The van der Waals surface area contributed by atoms with E-state index >= 15 is 0 Å². The van der Waals surface area contributed by atoms with Gasteiger partial charge in [-0.15, -0.1) is 0 Å². The second kappa shape index (κ2) is 7.89. The van der Waals surface area contributed by atoms with Gasteiger partial charge in [0, 0.05) is 17.0 Å². The summed E-state index contributed by atoms with van der Waals surface area (Å²) >= 11 is 1.38. The highest BCUT2D eigenvalue weighted by molar-refractivity contribution is 8.00. The van der Waals surface area contributed by atoms with Crippen LogP contribution in [0.1, 0.15) is 57.3 Å². The van der Waals surface area contributed by atoms with E-state index in [4.69, 9.17) is 0 Å². The SMILES string of the molecule is CCC(C)(C)NC(=O)C(C)Sc1cc(C(=O)NC2CC2)c2ccccc2n1. The van der Waals surface area contributed by atoms with E-state index in [2.05, 4.69) is 15.6 Å². The molecule has 0 spiro atoms. The molecule has 2 aromatic rings. The number of hydrogen-bond donors (Lipinski definition) is 2. The Morgan fingerprint density at radius 2 is 2.00 bits per heavy atom. The molecule has 1 aliphatic carbocycles. The molecule has 1 aromatic carbocycles. The van der Waals surface area contributed by atoms with Gasteiger partial charge in [-0.25, -0.2) is 4.98 Å². The fourth-order valence-corrected chi connectivity index (χ4v) is 3.51. The summed E-state index contributed by atoms with van der Waals surface area (Å²) in [6.07, 6.45) is 2.94. The number of carbonyl (C=O) groups excluding carboxylic acids is 2. The summed E-state index contributed by atoms with van der Waals surface area (Å²) in [6.45, 7) is 7.94. The van der Waals surface area contributed by atoms with Crippen LogP contribution in [-0.4, -0.2) is 33.6 Å². The molecule has 1 unspecified atom stereocenters. The first-order valence-corrected chi connectivity index (χ1v) is 10.4. The molecule has 1 atom stereocenters. The van der Waals surface area contributed by atoms with Crippen LogP contribution in [-0.2, 0) is 4.79 Å². The number of para-hydroxylation sites is 1. The van der Waals surface area contributed by atoms with Gasteiger partial charge in [0.15, 0.2) is 0 Å². The smallest absolute Gasteiger partial charge is 0.252 e. The Bertz CT molecular complexity index is 862. The van der Waals surface area contributed by atoms with Gasteiger partial charge in [0.25, 0.3) is 5.91 Å². The van der Waals surface area contributed by atoms with Crippen molar-refractivity contribution < 1.29 is 9.59 Å². The molecule has 3 rings (SSSR count). The Kier molecular flexibility index (Phi) is 5.75. The summed E-state index contributed by atoms with van der Waals surface area (Å²) < 4.78 is 0. The van der Waals surface area contributed by atoms with Gasteiger partial charge in [0.05, 0.1) is 21.4 Å². The third kappa shape index (κ3) is 5.01. The van der Waals surface area contributed by atoms with E-state index < -0.39 is 0 Å². The minimum Gasteiger partial charge on any atom is -0.350 e. The number of amides is 2. The average Bonchev–Trinajstić information content (AvgIpc) is 3.44. The molecule has 1 aliphatic rings. The summed E-state index contributed by atoms with van der Waals surface area (Å²) in [7, 11) is 0. The summed E-state index contributed by atoms with van der Waals surface area (Å²) in [4.78, 5) is 29.9. The number of nitrogens with zero attached hydrogens (tertiary/aromatic N) is 1. The number of benzene rings is 1. The van der Waals surface area contributed by atoms with Crippen LogP contribution in [0.3, 0.4) is 0 Å². The lowest BCUT2D eigenvalue weighted by atomic mass is 10.0. The van der Waals surface area contributed by atoms with E-state index in [-0.39, 0.29) is 22.6 Å². The zero-order valence-electron chi connectivity index (χ0n) is 16.3. The van der Waals surface area contributed by atoms with Crippen LogP contribution in [0.2, 0.25) is 0 Å². The number of thioether (sulfide) groups is 1. The van der Waals surface area contributed by atoms with Crippen molar-refractivity contribution in [1.82, 2.24) is 15.6 Å². The number of fused-ring (bicyclic) bond motifs is 1. The zero-order valence-corrected chi connectivity index (χ0v) is 17.2. The number of hydrogen-bond acceptors (Lipinski definition) is 4. The minimum atomic E-state index is -0.302. The van der Waals surface area contributed by atoms with Gasteiger partial charge >= 0.3 is 0 Å². The fourth-order valence-electron chi connectivity index (χ4n) is 2.65. The summed E-state index contributed by atoms with van der Waals surface area (Å²) in [5, 5.41) is 7.34. The molecule has 6 heteroatoms. The van der Waals surface area contributed by atoms with Gasteiger partial charge in [-0.3, -0.25) is 9.59 Å². The molecule has 0 radical (unpaired) electrons. The first kappa shape index (κ1) is 19.7. The lowest BCUT2D eigenvalue weighted by Gasteiger charge is -2.26. The molecule has 0 bridgehead atoms. The van der Waals surface area contributed by atoms with Crippen molar-refractivity contribution in [3.63, 3.8) is 0 Å². The van der Waals surface area contributed by atoms with Crippen LogP contribution in [0.5, 0.6) is 0 Å². The van der Waals surface area contributed by atoms with Crippen LogP contribution in [0.15, 0.2) is 35.4 Å². The van der Waals surface area contributed by atoms with Gasteiger partial charge < -0.3 is 10.6 Å². The maximum absolute atomic E-state index is 12.7. The molecular formula is C21H27N3O2S. The third-order valence-electron chi connectivity index (χ3n) is 4.86. The molecule has 1 fully saturated rings. The predicted octanol–water partition coefficient (Wildman–Crippen LogP) is 3.91. The number of aromatic nitrogens is 1. The van der Waals surface area contributed by atoms with Gasteiger partial charge in [-0.05, 0) is 52.2 Å². The molecular weight excluding hydrogens is 358 g/mol. The predicted molar refractivity (Wildman–Crippen MR) is 110 cm³/mol. The summed E-state index contributed by atoms with van der Waals surface area (Å²) in [5.41, 5.74) is 1.15. The van der Waals surface area contributed by atoms with E-state index in [1.54, 1.807) is 6.07 Å². The van der Waals surface area contributed by atoms with Crippen molar-refractivity contribution >= 4 is 34.5 Å². The Morgan fingerprint density at radius 1 is 1.30 bits per heavy atom. The maximum atomic E-state index is 12.7. The largest absolute Gasteiger partial charge is 0.350 e. The van der Waals surface area contributed by atoms with Crippen molar-refractivity contribution in [2.75, 3.05) is 0 Å². The first-order valence-electron chi connectivity index (χ1n) is 9.48. The molecule has 2 amide bonds.